The van der Waals surface area contributed by atoms with Crippen molar-refractivity contribution in [2.75, 3.05) is 0 Å². The molecule has 0 aromatic heterocycles. The van der Waals surface area contributed by atoms with E-state index in [0.717, 1.165) is 6.07 Å². The average Bonchev–Trinajstić information content (AvgIpc) is 2.13. The molecular weight excluding hydrogens is 267 g/mol. The van der Waals surface area contributed by atoms with Crippen molar-refractivity contribution in [2.45, 2.75) is 24.6 Å². The molecule has 0 aliphatic rings. The second kappa shape index (κ2) is 4.42. The molecule has 17 heavy (non-hydrogen) atoms. The molecule has 0 bridgehead atoms. The minimum Gasteiger partial charge on any atom is -0.381 e. The third-order valence-corrected chi connectivity index (χ3v) is 2.41. The van der Waals surface area contributed by atoms with Crippen molar-refractivity contribution in [2.24, 2.45) is 0 Å². The number of aliphatic hydroxyl groups is 1. The summed E-state index contributed by atoms with van der Waals surface area (Å²) in [6.07, 6.45) is -6.90. The van der Waals surface area contributed by atoms with Crippen LogP contribution in [0.4, 0.5) is 22.0 Å². The summed E-state index contributed by atoms with van der Waals surface area (Å²) in [5.74, 6) is 0. The molecule has 1 atom stereocenters. The van der Waals surface area contributed by atoms with Gasteiger partial charge in [0.2, 0.25) is 0 Å². The van der Waals surface area contributed by atoms with Crippen LogP contribution in [0.25, 0.3) is 0 Å². The van der Waals surface area contributed by atoms with E-state index in [2.05, 4.69) is 11.6 Å². The predicted octanol–water partition coefficient (Wildman–Crippen LogP) is 3.88. The average molecular weight is 275 g/mol. The molecule has 0 spiro atoms. The third-order valence-electron chi connectivity index (χ3n) is 2.20. The number of benzene rings is 1. The molecule has 1 N–H and O–H groups in total. The lowest BCUT2D eigenvalue weighted by molar-refractivity contribution is -0.137. The Morgan fingerprint density at radius 1 is 1.18 bits per heavy atom. The zero-order valence-corrected chi connectivity index (χ0v) is 9.28. The Bertz CT molecular complexity index is 410. The van der Waals surface area contributed by atoms with Crippen LogP contribution in [0.5, 0.6) is 0 Å². The van der Waals surface area contributed by atoms with E-state index >= 15 is 0 Å². The van der Waals surface area contributed by atoms with Gasteiger partial charge in [-0.1, -0.05) is 6.07 Å². The first kappa shape index (κ1) is 14.2. The zero-order chi connectivity index (χ0) is 13.4. The molecule has 0 amide bonds. The van der Waals surface area contributed by atoms with Crippen molar-refractivity contribution >= 4 is 11.6 Å². The molecular formula is C10H8ClF5O. The summed E-state index contributed by atoms with van der Waals surface area (Å²) < 4.78 is 62.1. The molecule has 0 saturated heterocycles. The van der Waals surface area contributed by atoms with Gasteiger partial charge in [-0.15, -0.1) is 0 Å². The van der Waals surface area contributed by atoms with Crippen molar-refractivity contribution in [1.29, 1.82) is 0 Å². The number of alkyl halides is 6. The molecule has 1 nitrogen and oxygen atoms in total. The topological polar surface area (TPSA) is 20.2 Å². The highest BCUT2D eigenvalue weighted by atomic mass is 35.5. The van der Waals surface area contributed by atoms with Crippen LogP contribution in [0.1, 0.15) is 22.8 Å². The van der Waals surface area contributed by atoms with Crippen LogP contribution < -0.4 is 0 Å². The van der Waals surface area contributed by atoms with E-state index in [1.165, 1.54) is 6.92 Å². The fourth-order valence-corrected chi connectivity index (χ4v) is 1.45. The van der Waals surface area contributed by atoms with Gasteiger partial charge in [-0.3, -0.25) is 0 Å². The van der Waals surface area contributed by atoms with Gasteiger partial charge in [0.25, 0.3) is 0 Å². The maximum absolute atomic E-state index is 12.6. The lowest BCUT2D eigenvalue weighted by Crippen LogP contribution is -2.20. The minimum absolute atomic E-state index is 0.104. The molecule has 1 unspecified atom stereocenters. The Hall–Kier alpha value is -0.880. The van der Waals surface area contributed by atoms with Crippen molar-refractivity contribution in [1.82, 2.24) is 0 Å². The summed E-state index contributed by atoms with van der Waals surface area (Å²) in [5, 5.41) is 5.24. The number of aliphatic hydroxyl groups excluding tert-OH is 1. The van der Waals surface area contributed by atoms with E-state index in [1.54, 1.807) is 0 Å². The summed E-state index contributed by atoms with van der Waals surface area (Å²) in [6.45, 7) is 1.19. The van der Waals surface area contributed by atoms with Gasteiger partial charge in [0.15, 0.2) is 6.10 Å². The lowest BCUT2D eigenvalue weighted by atomic mass is 10.0. The van der Waals surface area contributed by atoms with Gasteiger partial charge in [-0.05, 0) is 41.8 Å². The van der Waals surface area contributed by atoms with Gasteiger partial charge < -0.3 is 5.11 Å². The maximum Gasteiger partial charge on any atom is 0.416 e. The minimum atomic E-state index is -4.56. The van der Waals surface area contributed by atoms with Crippen LogP contribution in [0.15, 0.2) is 18.2 Å². The fourth-order valence-electron chi connectivity index (χ4n) is 1.34. The summed E-state index contributed by atoms with van der Waals surface area (Å²) in [5.41, 5.74) is -1.41. The Labute approximate surface area is 98.8 Å². The Morgan fingerprint density at radius 2 is 1.71 bits per heavy atom. The van der Waals surface area contributed by atoms with E-state index < -0.39 is 23.2 Å². The number of rotatable bonds is 2. The molecule has 0 saturated carbocycles. The van der Waals surface area contributed by atoms with Crippen molar-refractivity contribution in [3.05, 3.63) is 34.9 Å². The zero-order valence-electron chi connectivity index (χ0n) is 8.52. The SMILES string of the molecule is Cc1cc(C(F)(F)F)ccc1C(O)C(F)(F)Cl. The van der Waals surface area contributed by atoms with Crippen LogP contribution in [0, 0.1) is 6.92 Å². The van der Waals surface area contributed by atoms with Crippen LogP contribution in [-0.4, -0.2) is 10.5 Å². The Morgan fingerprint density at radius 3 is 2.06 bits per heavy atom. The summed E-state index contributed by atoms with van der Waals surface area (Å²) in [7, 11) is 0. The molecule has 7 heteroatoms. The van der Waals surface area contributed by atoms with E-state index in [0.29, 0.717) is 12.1 Å². The summed E-state index contributed by atoms with van der Waals surface area (Å²) >= 11 is 4.61. The highest BCUT2D eigenvalue weighted by Gasteiger charge is 2.38. The third kappa shape index (κ3) is 3.29. The van der Waals surface area contributed by atoms with Crippen LogP contribution in [-0.2, 0) is 6.18 Å². The molecule has 0 heterocycles. The molecule has 0 aliphatic heterocycles. The summed E-state index contributed by atoms with van der Waals surface area (Å²) in [4.78, 5) is 0. The van der Waals surface area contributed by atoms with Gasteiger partial charge in [-0.25, -0.2) is 0 Å². The lowest BCUT2D eigenvalue weighted by Gasteiger charge is -2.19. The van der Waals surface area contributed by atoms with Gasteiger partial charge in [0.1, 0.15) is 0 Å². The van der Waals surface area contributed by atoms with E-state index in [4.69, 9.17) is 5.11 Å². The highest BCUT2D eigenvalue weighted by Crippen LogP contribution is 2.38. The first-order valence-corrected chi connectivity index (χ1v) is 4.84. The second-order valence-corrected chi connectivity index (χ2v) is 4.02. The van der Waals surface area contributed by atoms with E-state index in [1.807, 2.05) is 0 Å². The maximum atomic E-state index is 12.6. The first-order valence-electron chi connectivity index (χ1n) is 4.46. The standard InChI is InChI=1S/C10H8ClF5O/c1-5-4-6(10(14,15)16)2-3-7(5)8(17)9(11,12)13/h2-4,8,17H,1H3. The van der Waals surface area contributed by atoms with Crippen LogP contribution in [0.3, 0.4) is 0 Å². The number of hydrogen-bond acceptors (Lipinski definition) is 1. The molecule has 0 aliphatic carbocycles. The predicted molar refractivity (Wildman–Crippen MR) is 51.9 cm³/mol. The van der Waals surface area contributed by atoms with Crippen molar-refractivity contribution < 1.29 is 27.1 Å². The number of halogens is 6. The van der Waals surface area contributed by atoms with E-state index in [-0.39, 0.29) is 11.1 Å². The highest BCUT2D eigenvalue weighted by molar-refractivity contribution is 6.22. The molecule has 0 radical (unpaired) electrons. The van der Waals surface area contributed by atoms with Gasteiger partial charge >= 0.3 is 11.6 Å². The fraction of sp³-hybridized carbons (Fsp3) is 0.400. The smallest absolute Gasteiger partial charge is 0.381 e. The number of aryl methyl sites for hydroxylation is 1. The Balaban J connectivity index is 3.15. The summed E-state index contributed by atoms with van der Waals surface area (Å²) in [6, 6.07) is 2.09. The van der Waals surface area contributed by atoms with Crippen LogP contribution in [0.2, 0.25) is 0 Å². The molecule has 1 aromatic rings. The second-order valence-electron chi connectivity index (χ2n) is 3.51. The molecule has 1 aromatic carbocycles. The molecule has 0 fully saturated rings. The first-order chi connectivity index (χ1) is 7.53. The normalized spacial score (nSPS) is 14.8. The molecule has 1 rings (SSSR count). The van der Waals surface area contributed by atoms with Crippen molar-refractivity contribution in [3.63, 3.8) is 0 Å². The van der Waals surface area contributed by atoms with Gasteiger partial charge in [0.05, 0.1) is 5.56 Å². The van der Waals surface area contributed by atoms with E-state index in [9.17, 15) is 22.0 Å². The largest absolute Gasteiger partial charge is 0.416 e. The number of hydrogen-bond donors (Lipinski definition) is 1. The molecule has 96 valence electrons. The van der Waals surface area contributed by atoms with Crippen LogP contribution >= 0.6 is 11.6 Å². The van der Waals surface area contributed by atoms with Crippen molar-refractivity contribution in [3.8, 4) is 0 Å². The quantitative estimate of drug-likeness (QED) is 0.641. The van der Waals surface area contributed by atoms with Gasteiger partial charge in [-0.2, -0.15) is 22.0 Å². The monoisotopic (exact) mass is 274 g/mol. The van der Waals surface area contributed by atoms with Gasteiger partial charge in [0, 0.05) is 0 Å². The Kier molecular flexibility index (Phi) is 3.69.